The van der Waals surface area contributed by atoms with Crippen LogP contribution in [0.2, 0.25) is 0 Å². The van der Waals surface area contributed by atoms with Crippen LogP contribution >= 0.6 is 0 Å². The van der Waals surface area contributed by atoms with Crippen molar-refractivity contribution in [2.75, 3.05) is 6.61 Å². The number of hydrogen-bond acceptors (Lipinski definition) is 15. The fraction of sp³-hybridized carbons (Fsp3) is 0.656. The zero-order valence-corrected chi connectivity index (χ0v) is 46.2. The predicted octanol–water partition coefficient (Wildman–Crippen LogP) is 9.24. The molecule has 3 aromatic carbocycles. The maximum absolute atomic E-state index is 13.2. The van der Waals surface area contributed by atoms with E-state index in [9.17, 15) is 19.8 Å². The number of fused-ring (bicyclic) bond motifs is 11. The monoisotopic (exact) mass is 1090 g/mol. The van der Waals surface area contributed by atoms with Crippen LogP contribution in [-0.4, -0.2) is 150 Å². The third-order valence-corrected chi connectivity index (χ3v) is 19.5. The standard InChI is InChI=1S/C64H80O15/c1-35(34-69-61(67)41-21-20-40-24-38-12-6-7-13-39(38)25-42(40)26-41)22-43-27-44(65)60-53(70-43)28-50-54(75-60)33-63(5)55(73-50)19-11-17-47-48(77-63)18-10-16-46-45(71-47)14-8-9-15-49-59(74-46)37(3)23-52-51(72-49)29-56-62(4,78-52)31-36(2)32-64(68)57(76-56)30-58(66)79-64/h6-10,12-13,18,20-21,24-26,36-37,43-57,59-60,65,68H,1,11,14-17,19,22-23,27-34H2,2-5H3/t36-,37-,43+,44-,45?,46-,47?,48+,49?,50?,51?,52-,53?,54+,55?,56?,57?,59+,60-,62+,63-,64-/m0/s1. The Morgan fingerprint density at radius 3 is 2.22 bits per heavy atom. The maximum atomic E-state index is 13.2. The molecule has 0 radical (unpaired) electrons. The predicted molar refractivity (Wildman–Crippen MR) is 291 cm³/mol. The van der Waals surface area contributed by atoms with Gasteiger partial charge in [0, 0.05) is 32.1 Å². The Kier molecular flexibility index (Phi) is 14.8. The highest BCUT2D eigenvalue weighted by Crippen LogP contribution is 2.50. The lowest BCUT2D eigenvalue weighted by Crippen LogP contribution is -2.65. The minimum absolute atomic E-state index is 0.0168. The number of aliphatic hydroxyl groups is 2. The van der Waals surface area contributed by atoms with E-state index in [4.69, 9.17) is 52.1 Å². The molecular formula is C64H80O15. The number of carbonyl (C=O) groups excluding carboxylic acids is 2. The van der Waals surface area contributed by atoms with Crippen molar-refractivity contribution in [3.63, 3.8) is 0 Å². The van der Waals surface area contributed by atoms with E-state index in [-0.39, 0.29) is 110 Å². The molecule has 13 rings (SSSR count). The van der Waals surface area contributed by atoms with Gasteiger partial charge in [-0.25, -0.2) is 4.79 Å². The Morgan fingerprint density at radius 2 is 1.38 bits per heavy atom. The SMILES string of the molecule is C=C(COC(=O)c1ccc2cc3ccccc3cc2c1)C[C@@H]1C[C@H](O)[C@@H]2O[C@@H]3C[C@]4(C)O[C@@H]5C=CC[C@@H]6O[C@H]7C(CC=CCC6OC5CCCC4OC3CC2O1)OC1CC2OC3CC(=O)O[C@@]3(O)C[C@@H](C)C[C@@]2(C)O[C@H]1C[C@@H]7C. The number of hydrogen-bond donors (Lipinski definition) is 2. The van der Waals surface area contributed by atoms with Crippen LogP contribution in [0.15, 0.2) is 91.1 Å². The summed E-state index contributed by atoms with van der Waals surface area (Å²) in [5, 5.41) is 27.3. The van der Waals surface area contributed by atoms with E-state index in [0.29, 0.717) is 69.8 Å². The summed E-state index contributed by atoms with van der Waals surface area (Å²) in [4.78, 5) is 25.7. The maximum Gasteiger partial charge on any atom is 0.338 e. The molecule has 15 nitrogen and oxygen atoms in total. The van der Waals surface area contributed by atoms with Crippen molar-refractivity contribution in [1.29, 1.82) is 0 Å². The van der Waals surface area contributed by atoms with Gasteiger partial charge >= 0.3 is 11.9 Å². The van der Waals surface area contributed by atoms with Gasteiger partial charge in [-0.1, -0.05) is 75.1 Å². The van der Waals surface area contributed by atoms with Crippen LogP contribution in [0.5, 0.6) is 0 Å². The van der Waals surface area contributed by atoms with Gasteiger partial charge in [-0.05, 0) is 135 Å². The molecule has 15 heteroatoms. The summed E-state index contributed by atoms with van der Waals surface area (Å²) in [5.74, 6) is -2.32. The molecule has 79 heavy (non-hydrogen) atoms. The highest BCUT2D eigenvalue weighted by Gasteiger charge is 2.60. The summed E-state index contributed by atoms with van der Waals surface area (Å²) in [6.07, 6.45) is 12.2. The van der Waals surface area contributed by atoms with Crippen molar-refractivity contribution < 1.29 is 71.9 Å². The van der Waals surface area contributed by atoms with Gasteiger partial charge in [-0.15, -0.1) is 0 Å². The second-order valence-corrected chi connectivity index (χ2v) is 25.7. The van der Waals surface area contributed by atoms with Gasteiger partial charge in [0.1, 0.15) is 24.9 Å². The van der Waals surface area contributed by atoms with E-state index in [1.165, 1.54) is 0 Å². The summed E-state index contributed by atoms with van der Waals surface area (Å²) in [7, 11) is 0. The van der Waals surface area contributed by atoms with Gasteiger partial charge in [-0.2, -0.15) is 0 Å². The minimum atomic E-state index is -1.63. The second kappa shape index (κ2) is 21.6. The molecule has 0 aliphatic carbocycles. The smallest absolute Gasteiger partial charge is 0.338 e. The molecule has 10 aliphatic rings. The molecule has 426 valence electrons. The largest absolute Gasteiger partial charge is 0.458 e. The van der Waals surface area contributed by atoms with Crippen molar-refractivity contribution in [2.24, 2.45) is 11.8 Å². The zero-order valence-electron chi connectivity index (χ0n) is 46.2. The van der Waals surface area contributed by atoms with Gasteiger partial charge in [-0.3, -0.25) is 4.79 Å². The number of benzene rings is 3. The summed E-state index contributed by atoms with van der Waals surface area (Å²) in [6, 6.07) is 18.0. The highest BCUT2D eigenvalue weighted by atomic mass is 16.7. The molecule has 3 aromatic rings. The first-order valence-electron chi connectivity index (χ1n) is 29.7. The molecule has 0 aromatic heterocycles. The van der Waals surface area contributed by atoms with Crippen LogP contribution in [0.4, 0.5) is 0 Å². The Bertz CT molecular complexity index is 2830. The zero-order chi connectivity index (χ0) is 54.4. The molecule has 0 bridgehead atoms. The minimum Gasteiger partial charge on any atom is -0.458 e. The van der Waals surface area contributed by atoms with E-state index < -0.39 is 47.2 Å². The number of ether oxygens (including phenoxy) is 11. The van der Waals surface area contributed by atoms with E-state index in [1.54, 1.807) is 6.07 Å². The van der Waals surface area contributed by atoms with Crippen LogP contribution in [0.3, 0.4) is 0 Å². The average Bonchev–Trinajstić information content (AvgIpc) is 3.64. The van der Waals surface area contributed by atoms with Crippen LogP contribution in [0.25, 0.3) is 21.5 Å². The fourth-order valence-electron chi connectivity index (χ4n) is 15.6. The molecule has 10 heterocycles. The first kappa shape index (κ1) is 54.2. The van der Waals surface area contributed by atoms with Crippen molar-refractivity contribution in [3.05, 3.63) is 96.6 Å². The van der Waals surface area contributed by atoms with Crippen LogP contribution in [0.1, 0.15) is 134 Å². The van der Waals surface area contributed by atoms with Crippen molar-refractivity contribution in [2.45, 2.75) is 245 Å². The summed E-state index contributed by atoms with van der Waals surface area (Å²) in [5.41, 5.74) is -0.0916. The lowest BCUT2D eigenvalue weighted by Gasteiger charge is -2.55. The lowest BCUT2D eigenvalue weighted by atomic mass is 9.77. The third-order valence-electron chi connectivity index (χ3n) is 19.5. The van der Waals surface area contributed by atoms with E-state index >= 15 is 0 Å². The second-order valence-electron chi connectivity index (χ2n) is 25.7. The molecule has 8 saturated heterocycles. The summed E-state index contributed by atoms with van der Waals surface area (Å²) in [6.45, 7) is 12.9. The first-order chi connectivity index (χ1) is 38.0. The number of carbonyl (C=O) groups is 2. The number of rotatable bonds is 5. The van der Waals surface area contributed by atoms with Crippen molar-refractivity contribution in [3.8, 4) is 0 Å². The third kappa shape index (κ3) is 10.8. The number of aliphatic hydroxyl groups excluding tert-OH is 1. The molecule has 8 fully saturated rings. The first-order valence-corrected chi connectivity index (χ1v) is 29.7. The summed E-state index contributed by atoms with van der Waals surface area (Å²) >= 11 is 0. The Morgan fingerprint density at radius 1 is 0.658 bits per heavy atom. The van der Waals surface area contributed by atoms with Gasteiger partial charge in [0.25, 0.3) is 0 Å². The molecule has 22 atom stereocenters. The molecular weight excluding hydrogens is 1010 g/mol. The summed E-state index contributed by atoms with van der Waals surface area (Å²) < 4.78 is 74.2. The quantitative estimate of drug-likeness (QED) is 0.140. The molecule has 9 unspecified atom stereocenters. The van der Waals surface area contributed by atoms with E-state index in [0.717, 1.165) is 52.8 Å². The molecule has 0 amide bonds. The normalized spacial score (nSPS) is 44.9. The average molecular weight is 1090 g/mol. The van der Waals surface area contributed by atoms with Gasteiger partial charge in [0.2, 0.25) is 5.79 Å². The number of esters is 2. The molecule has 0 saturated carbocycles. The molecule has 10 aliphatic heterocycles. The topological polar surface area (TPSA) is 176 Å². The molecule has 2 N–H and O–H groups in total. The lowest BCUT2D eigenvalue weighted by molar-refractivity contribution is -0.316. The highest BCUT2D eigenvalue weighted by molar-refractivity contribution is 6.01. The Balaban J connectivity index is 0.626. The Hall–Kier alpha value is -4.10. The van der Waals surface area contributed by atoms with E-state index in [2.05, 4.69) is 82.8 Å². The van der Waals surface area contributed by atoms with Crippen LogP contribution in [0, 0.1) is 11.8 Å². The van der Waals surface area contributed by atoms with Crippen LogP contribution in [-0.2, 0) is 56.9 Å². The van der Waals surface area contributed by atoms with Crippen LogP contribution < -0.4 is 0 Å². The van der Waals surface area contributed by atoms with Crippen molar-refractivity contribution in [1.82, 2.24) is 0 Å². The van der Waals surface area contributed by atoms with Gasteiger partial charge in [0.15, 0.2) is 0 Å². The van der Waals surface area contributed by atoms with E-state index in [1.807, 2.05) is 24.3 Å². The van der Waals surface area contributed by atoms with Gasteiger partial charge < -0.3 is 62.3 Å². The molecule has 0 spiro atoms. The van der Waals surface area contributed by atoms with Crippen molar-refractivity contribution >= 4 is 33.5 Å². The Labute approximate surface area is 463 Å². The fourth-order valence-corrected chi connectivity index (χ4v) is 15.6. The van der Waals surface area contributed by atoms with Gasteiger partial charge in [0.05, 0.1) is 109 Å².